The van der Waals surface area contributed by atoms with Crippen LogP contribution in [-0.4, -0.2) is 41.5 Å². The summed E-state index contributed by atoms with van der Waals surface area (Å²) < 4.78 is 41.2. The van der Waals surface area contributed by atoms with Crippen molar-refractivity contribution in [3.63, 3.8) is 0 Å². The van der Waals surface area contributed by atoms with Gasteiger partial charge in [0, 0.05) is 18.8 Å². The normalized spacial score (nSPS) is 11.6. The van der Waals surface area contributed by atoms with E-state index >= 15 is 0 Å². The molecule has 1 aromatic heterocycles. The lowest BCUT2D eigenvalue weighted by Gasteiger charge is -2.05. The molecule has 0 aliphatic rings. The summed E-state index contributed by atoms with van der Waals surface area (Å²) in [5, 5.41) is 5.86. The highest BCUT2D eigenvalue weighted by atomic mass is 19.4. The molecule has 1 rings (SSSR count). The Morgan fingerprint density at radius 3 is 2.80 bits per heavy atom. The van der Waals surface area contributed by atoms with Gasteiger partial charge < -0.3 is 10.1 Å². The number of hydrogen-bond acceptors (Lipinski definition) is 4. The van der Waals surface area contributed by atoms with Crippen LogP contribution < -0.4 is 5.32 Å². The van der Waals surface area contributed by atoms with Crippen LogP contribution in [0.15, 0.2) is 24.4 Å². The maximum absolute atomic E-state index is 12.1. The number of ether oxygens (including phenoxy) is 1. The topological polar surface area (TPSA) is 73.2 Å². The first-order valence-electron chi connectivity index (χ1n) is 5.44. The van der Waals surface area contributed by atoms with Crippen LogP contribution in [0.1, 0.15) is 10.5 Å². The van der Waals surface area contributed by atoms with Gasteiger partial charge in [-0.2, -0.15) is 18.3 Å². The third kappa shape index (κ3) is 5.55. The fourth-order valence-corrected chi connectivity index (χ4v) is 1.22. The highest BCUT2D eigenvalue weighted by Crippen LogP contribution is 2.16. The zero-order chi connectivity index (χ0) is 15.2. The number of methoxy groups -OCH3 is 1. The van der Waals surface area contributed by atoms with E-state index in [-0.39, 0.29) is 12.2 Å². The summed E-state index contributed by atoms with van der Waals surface area (Å²) in [5.74, 6) is -1.21. The summed E-state index contributed by atoms with van der Waals surface area (Å²) in [6.07, 6.45) is -0.880. The highest BCUT2D eigenvalue weighted by molar-refractivity contribution is 5.92. The van der Waals surface area contributed by atoms with Crippen LogP contribution >= 0.6 is 0 Å². The second-order valence-electron chi connectivity index (χ2n) is 3.65. The zero-order valence-electron chi connectivity index (χ0n) is 10.5. The molecule has 0 radical (unpaired) electrons. The first-order valence-corrected chi connectivity index (χ1v) is 5.44. The standard InChI is InChI=1S/C11H12F3N3O3/c1-20-9(18)3-2-5-15-10(19)8-4-6-17(16-8)7-11(12,13)14/h2-4,6H,5,7H2,1H3,(H,15,19)/b3-2+. The lowest BCUT2D eigenvalue weighted by Crippen LogP contribution is -2.25. The molecule has 1 amide bonds. The first-order chi connectivity index (χ1) is 9.31. The predicted octanol–water partition coefficient (Wildman–Crippen LogP) is 0.904. The van der Waals surface area contributed by atoms with Gasteiger partial charge >= 0.3 is 12.1 Å². The average Bonchev–Trinajstić information content (AvgIpc) is 2.80. The Morgan fingerprint density at radius 2 is 2.20 bits per heavy atom. The van der Waals surface area contributed by atoms with E-state index in [0.29, 0.717) is 4.68 Å². The number of halogens is 3. The minimum atomic E-state index is -4.40. The Kier molecular flexibility index (Phi) is 5.30. The molecule has 9 heteroatoms. The lowest BCUT2D eigenvalue weighted by atomic mass is 10.4. The SMILES string of the molecule is COC(=O)/C=C/CNC(=O)c1ccn(CC(F)(F)F)n1. The smallest absolute Gasteiger partial charge is 0.408 e. The molecule has 0 saturated heterocycles. The van der Waals surface area contributed by atoms with E-state index in [9.17, 15) is 22.8 Å². The van der Waals surface area contributed by atoms with E-state index in [1.54, 1.807) is 0 Å². The summed E-state index contributed by atoms with van der Waals surface area (Å²) >= 11 is 0. The number of amides is 1. The molecule has 0 aromatic carbocycles. The largest absolute Gasteiger partial charge is 0.466 e. The predicted molar refractivity (Wildman–Crippen MR) is 61.8 cm³/mol. The highest BCUT2D eigenvalue weighted by Gasteiger charge is 2.28. The molecule has 1 N–H and O–H groups in total. The number of alkyl halides is 3. The summed E-state index contributed by atoms with van der Waals surface area (Å²) in [4.78, 5) is 22.2. The van der Waals surface area contributed by atoms with Crippen molar-refractivity contribution in [1.29, 1.82) is 0 Å². The van der Waals surface area contributed by atoms with Crippen LogP contribution in [0.3, 0.4) is 0 Å². The van der Waals surface area contributed by atoms with Gasteiger partial charge in [-0.15, -0.1) is 0 Å². The van der Waals surface area contributed by atoms with Crippen molar-refractivity contribution >= 4 is 11.9 Å². The van der Waals surface area contributed by atoms with E-state index < -0.39 is 24.6 Å². The quantitative estimate of drug-likeness (QED) is 0.646. The number of nitrogens with zero attached hydrogens (tertiary/aromatic N) is 2. The van der Waals surface area contributed by atoms with Crippen LogP contribution in [-0.2, 0) is 16.1 Å². The van der Waals surface area contributed by atoms with Gasteiger partial charge in [0.25, 0.3) is 5.91 Å². The minimum absolute atomic E-state index is 0.0278. The Hall–Kier alpha value is -2.32. The number of aromatic nitrogens is 2. The molecule has 0 aliphatic carbocycles. The lowest BCUT2D eigenvalue weighted by molar-refractivity contribution is -0.142. The molecule has 110 valence electrons. The van der Waals surface area contributed by atoms with Gasteiger partial charge in [-0.3, -0.25) is 9.48 Å². The van der Waals surface area contributed by atoms with Crippen molar-refractivity contribution < 1.29 is 27.5 Å². The third-order valence-corrected chi connectivity index (χ3v) is 2.05. The molecule has 0 saturated carbocycles. The Morgan fingerprint density at radius 1 is 1.50 bits per heavy atom. The van der Waals surface area contributed by atoms with E-state index in [4.69, 9.17) is 0 Å². The molecule has 1 heterocycles. The van der Waals surface area contributed by atoms with Crippen LogP contribution in [0.4, 0.5) is 13.2 Å². The van der Waals surface area contributed by atoms with Crippen molar-refractivity contribution in [2.75, 3.05) is 13.7 Å². The minimum Gasteiger partial charge on any atom is -0.466 e. The first kappa shape index (κ1) is 15.7. The summed E-state index contributed by atoms with van der Waals surface area (Å²) in [6, 6.07) is 1.17. The van der Waals surface area contributed by atoms with Crippen molar-refractivity contribution in [2.45, 2.75) is 12.7 Å². The van der Waals surface area contributed by atoms with E-state index in [2.05, 4.69) is 15.2 Å². The maximum Gasteiger partial charge on any atom is 0.408 e. The van der Waals surface area contributed by atoms with E-state index in [1.807, 2.05) is 0 Å². The van der Waals surface area contributed by atoms with Crippen LogP contribution in [0.5, 0.6) is 0 Å². The maximum atomic E-state index is 12.1. The van der Waals surface area contributed by atoms with Crippen molar-refractivity contribution in [2.24, 2.45) is 0 Å². The van der Waals surface area contributed by atoms with Gasteiger partial charge in [0.05, 0.1) is 7.11 Å². The van der Waals surface area contributed by atoms with Gasteiger partial charge in [-0.05, 0) is 6.07 Å². The van der Waals surface area contributed by atoms with Crippen LogP contribution in [0.2, 0.25) is 0 Å². The van der Waals surface area contributed by atoms with Gasteiger partial charge in [-0.1, -0.05) is 6.08 Å². The Balaban J connectivity index is 2.48. The number of carbonyl (C=O) groups excluding carboxylic acids is 2. The molecule has 0 spiro atoms. The van der Waals surface area contributed by atoms with Gasteiger partial charge in [-0.25, -0.2) is 4.79 Å². The van der Waals surface area contributed by atoms with Crippen molar-refractivity contribution in [1.82, 2.24) is 15.1 Å². The molecule has 0 bridgehead atoms. The van der Waals surface area contributed by atoms with Crippen molar-refractivity contribution in [3.8, 4) is 0 Å². The Bertz CT molecular complexity index is 509. The van der Waals surface area contributed by atoms with Crippen LogP contribution in [0.25, 0.3) is 0 Å². The average molecular weight is 291 g/mol. The molecule has 0 aliphatic heterocycles. The molecule has 0 atom stereocenters. The second kappa shape index (κ2) is 6.73. The monoisotopic (exact) mass is 291 g/mol. The number of nitrogens with one attached hydrogen (secondary N) is 1. The van der Waals surface area contributed by atoms with Crippen LogP contribution in [0, 0.1) is 0 Å². The number of rotatable bonds is 5. The number of hydrogen-bond donors (Lipinski definition) is 1. The molecule has 0 fully saturated rings. The number of esters is 1. The summed E-state index contributed by atoms with van der Waals surface area (Å²) in [6.45, 7) is -1.23. The fraction of sp³-hybridized carbons (Fsp3) is 0.364. The van der Waals surface area contributed by atoms with Crippen molar-refractivity contribution in [3.05, 3.63) is 30.1 Å². The zero-order valence-corrected chi connectivity index (χ0v) is 10.5. The van der Waals surface area contributed by atoms with E-state index in [1.165, 1.54) is 19.3 Å². The molecule has 1 aromatic rings. The third-order valence-electron chi connectivity index (χ3n) is 2.05. The molecular weight excluding hydrogens is 279 g/mol. The number of carbonyl (C=O) groups is 2. The Labute approximate surface area is 112 Å². The molecule has 0 unspecified atom stereocenters. The van der Waals surface area contributed by atoms with Gasteiger partial charge in [0.15, 0.2) is 0 Å². The second-order valence-corrected chi connectivity index (χ2v) is 3.65. The summed E-state index contributed by atoms with van der Waals surface area (Å²) in [7, 11) is 1.21. The van der Waals surface area contributed by atoms with Gasteiger partial charge in [0.2, 0.25) is 0 Å². The molecule has 6 nitrogen and oxygen atoms in total. The van der Waals surface area contributed by atoms with Gasteiger partial charge in [0.1, 0.15) is 12.2 Å². The van der Waals surface area contributed by atoms with E-state index in [0.717, 1.165) is 12.3 Å². The summed E-state index contributed by atoms with van der Waals surface area (Å²) in [5.41, 5.74) is -0.138. The molecule has 20 heavy (non-hydrogen) atoms. The fourth-order valence-electron chi connectivity index (χ4n) is 1.22. The molecular formula is C11H12F3N3O3.